The van der Waals surface area contributed by atoms with E-state index in [2.05, 4.69) is 45.1 Å². The minimum Gasteiger partial charge on any atom is -0.462 e. The molecule has 0 heterocycles. The number of hydrogen-bond donors (Lipinski definition) is 0. The zero-order valence-electron chi connectivity index (χ0n) is 45.2. The van der Waals surface area contributed by atoms with Crippen LogP contribution >= 0.6 is 0 Å². The Morgan fingerprint density at radius 3 is 0.761 bits per heavy atom. The maximum Gasteiger partial charge on any atom is 0.306 e. The fraction of sp³-hybridized carbons (Fsp3) is 0.885. The third-order valence-corrected chi connectivity index (χ3v) is 13.4. The van der Waals surface area contributed by atoms with Crippen molar-refractivity contribution in [2.75, 3.05) is 13.2 Å². The molecular formula is C61H114O6. The molecule has 0 aliphatic heterocycles. The fourth-order valence-corrected chi connectivity index (χ4v) is 8.91. The van der Waals surface area contributed by atoms with Crippen LogP contribution in [0.3, 0.4) is 0 Å². The highest BCUT2D eigenvalue weighted by molar-refractivity contribution is 5.71. The molecule has 0 aromatic rings. The van der Waals surface area contributed by atoms with Crippen molar-refractivity contribution in [3.05, 3.63) is 24.3 Å². The standard InChI is InChI=1S/C61H114O6/c1-4-7-10-13-16-19-22-25-27-29-30-32-34-37-39-42-45-48-51-54-60(63)66-57-58(67-61(64)55-52-49-46-43-40-35-24-21-18-15-12-9-6-3)56-65-59(62)53-50-47-44-41-38-36-33-31-28-26-23-20-17-14-11-8-5-2/h21,24,26,28,58H,4-20,22-23,25,27,29-57H2,1-3H3/b24-21-,28-26-/t58-/m1/s1. The van der Waals surface area contributed by atoms with Crippen molar-refractivity contribution in [2.24, 2.45) is 0 Å². The molecule has 0 aromatic carbocycles. The molecule has 0 aromatic heterocycles. The number of allylic oxidation sites excluding steroid dienone is 4. The number of unbranched alkanes of at least 4 members (excludes halogenated alkanes) is 40. The van der Waals surface area contributed by atoms with E-state index in [4.69, 9.17) is 14.2 Å². The van der Waals surface area contributed by atoms with Crippen molar-refractivity contribution >= 4 is 17.9 Å². The summed E-state index contributed by atoms with van der Waals surface area (Å²) in [5.41, 5.74) is 0. The van der Waals surface area contributed by atoms with E-state index >= 15 is 0 Å². The molecule has 0 unspecified atom stereocenters. The van der Waals surface area contributed by atoms with Crippen molar-refractivity contribution in [2.45, 2.75) is 335 Å². The van der Waals surface area contributed by atoms with Gasteiger partial charge in [0.1, 0.15) is 13.2 Å². The zero-order chi connectivity index (χ0) is 48.6. The van der Waals surface area contributed by atoms with Crippen molar-refractivity contribution in [1.29, 1.82) is 0 Å². The van der Waals surface area contributed by atoms with Crippen LogP contribution in [0.15, 0.2) is 24.3 Å². The first-order valence-electron chi connectivity index (χ1n) is 29.8. The Kier molecular flexibility index (Phi) is 54.7. The zero-order valence-corrected chi connectivity index (χ0v) is 45.2. The lowest BCUT2D eigenvalue weighted by molar-refractivity contribution is -0.167. The molecule has 0 bridgehead atoms. The lowest BCUT2D eigenvalue weighted by Gasteiger charge is -2.18. The molecule has 1 atom stereocenters. The highest BCUT2D eigenvalue weighted by atomic mass is 16.6. The largest absolute Gasteiger partial charge is 0.462 e. The van der Waals surface area contributed by atoms with Crippen molar-refractivity contribution in [1.82, 2.24) is 0 Å². The Bertz CT molecular complexity index is 1080. The minimum atomic E-state index is -0.773. The van der Waals surface area contributed by atoms with Gasteiger partial charge in [-0.05, 0) is 70.6 Å². The van der Waals surface area contributed by atoms with Gasteiger partial charge < -0.3 is 14.2 Å². The highest BCUT2D eigenvalue weighted by Crippen LogP contribution is 2.17. The second kappa shape index (κ2) is 56.5. The van der Waals surface area contributed by atoms with Crippen molar-refractivity contribution in [3.8, 4) is 0 Å². The molecule has 67 heavy (non-hydrogen) atoms. The van der Waals surface area contributed by atoms with Crippen LogP contribution in [0.1, 0.15) is 329 Å². The van der Waals surface area contributed by atoms with Crippen LogP contribution < -0.4 is 0 Å². The van der Waals surface area contributed by atoms with E-state index in [1.807, 2.05) is 0 Å². The Labute approximate surface area is 417 Å². The summed E-state index contributed by atoms with van der Waals surface area (Å²) < 4.78 is 16.9. The molecule has 394 valence electrons. The van der Waals surface area contributed by atoms with E-state index in [0.717, 1.165) is 64.2 Å². The van der Waals surface area contributed by atoms with Crippen LogP contribution in [0.25, 0.3) is 0 Å². The number of esters is 3. The Hall–Kier alpha value is -2.11. The van der Waals surface area contributed by atoms with Crippen molar-refractivity contribution in [3.63, 3.8) is 0 Å². The molecule has 0 aliphatic rings. The first-order valence-corrected chi connectivity index (χ1v) is 29.8. The summed E-state index contributed by atoms with van der Waals surface area (Å²) >= 11 is 0. The third-order valence-electron chi connectivity index (χ3n) is 13.4. The van der Waals surface area contributed by atoms with Crippen LogP contribution in [-0.4, -0.2) is 37.2 Å². The van der Waals surface area contributed by atoms with Crippen molar-refractivity contribution < 1.29 is 28.6 Å². The van der Waals surface area contributed by atoms with Crippen LogP contribution in [-0.2, 0) is 28.6 Å². The van der Waals surface area contributed by atoms with Gasteiger partial charge in [0.05, 0.1) is 0 Å². The molecule has 6 nitrogen and oxygen atoms in total. The Balaban J connectivity index is 4.30. The van der Waals surface area contributed by atoms with E-state index in [1.54, 1.807) is 0 Å². The number of ether oxygens (including phenoxy) is 3. The van der Waals surface area contributed by atoms with E-state index in [1.165, 1.54) is 225 Å². The molecule has 0 saturated carbocycles. The summed E-state index contributed by atoms with van der Waals surface area (Å²) in [6.45, 7) is 6.66. The van der Waals surface area contributed by atoms with Gasteiger partial charge in [-0.2, -0.15) is 0 Å². The summed E-state index contributed by atoms with van der Waals surface area (Å²) in [6.07, 6.45) is 66.0. The fourth-order valence-electron chi connectivity index (χ4n) is 8.91. The first-order chi connectivity index (χ1) is 33.0. The molecule has 0 saturated heterocycles. The molecule has 0 rings (SSSR count). The lowest BCUT2D eigenvalue weighted by atomic mass is 10.0. The van der Waals surface area contributed by atoms with E-state index in [-0.39, 0.29) is 31.1 Å². The lowest BCUT2D eigenvalue weighted by Crippen LogP contribution is -2.30. The molecule has 0 N–H and O–H groups in total. The average molecular weight is 944 g/mol. The number of hydrogen-bond acceptors (Lipinski definition) is 6. The Morgan fingerprint density at radius 1 is 0.284 bits per heavy atom. The highest BCUT2D eigenvalue weighted by Gasteiger charge is 2.19. The molecule has 6 heteroatoms. The maximum atomic E-state index is 12.8. The van der Waals surface area contributed by atoms with Gasteiger partial charge in [0.15, 0.2) is 6.10 Å². The smallest absolute Gasteiger partial charge is 0.306 e. The van der Waals surface area contributed by atoms with Crippen LogP contribution in [0, 0.1) is 0 Å². The molecule has 0 radical (unpaired) electrons. The quantitative estimate of drug-likeness (QED) is 0.0262. The number of rotatable bonds is 55. The topological polar surface area (TPSA) is 78.9 Å². The summed E-state index contributed by atoms with van der Waals surface area (Å²) in [5.74, 6) is -0.864. The summed E-state index contributed by atoms with van der Waals surface area (Å²) in [5, 5.41) is 0. The minimum absolute atomic E-state index is 0.0714. The van der Waals surface area contributed by atoms with Gasteiger partial charge in [-0.3, -0.25) is 14.4 Å². The molecular weight excluding hydrogens is 829 g/mol. The first kappa shape index (κ1) is 64.9. The average Bonchev–Trinajstić information content (AvgIpc) is 3.33. The van der Waals surface area contributed by atoms with Crippen LogP contribution in [0.5, 0.6) is 0 Å². The van der Waals surface area contributed by atoms with Gasteiger partial charge in [-0.25, -0.2) is 0 Å². The predicted molar refractivity (Wildman–Crippen MR) is 289 cm³/mol. The number of carbonyl (C=O) groups excluding carboxylic acids is 3. The van der Waals surface area contributed by atoms with E-state index in [9.17, 15) is 14.4 Å². The second-order valence-corrected chi connectivity index (χ2v) is 20.3. The van der Waals surface area contributed by atoms with E-state index < -0.39 is 6.10 Å². The van der Waals surface area contributed by atoms with Gasteiger partial charge in [-0.1, -0.05) is 263 Å². The normalized spacial score (nSPS) is 12.1. The summed E-state index contributed by atoms with van der Waals surface area (Å²) in [6, 6.07) is 0. The molecule has 0 aliphatic carbocycles. The van der Waals surface area contributed by atoms with E-state index in [0.29, 0.717) is 19.3 Å². The predicted octanol–water partition coefficient (Wildman–Crippen LogP) is 19.9. The van der Waals surface area contributed by atoms with Crippen LogP contribution in [0.4, 0.5) is 0 Å². The monoisotopic (exact) mass is 943 g/mol. The van der Waals surface area contributed by atoms with Gasteiger partial charge in [0, 0.05) is 19.3 Å². The molecule has 0 amide bonds. The van der Waals surface area contributed by atoms with Gasteiger partial charge in [0.2, 0.25) is 0 Å². The third kappa shape index (κ3) is 54.7. The van der Waals surface area contributed by atoms with Gasteiger partial charge >= 0.3 is 17.9 Å². The second-order valence-electron chi connectivity index (χ2n) is 20.3. The number of carbonyl (C=O) groups is 3. The summed E-state index contributed by atoms with van der Waals surface area (Å²) in [4.78, 5) is 38.2. The Morgan fingerprint density at radius 2 is 0.493 bits per heavy atom. The van der Waals surface area contributed by atoms with Crippen LogP contribution in [0.2, 0.25) is 0 Å². The summed E-state index contributed by atoms with van der Waals surface area (Å²) in [7, 11) is 0. The SMILES string of the molecule is CCCCCC/C=C\CCCCCCCC(=O)O[C@H](COC(=O)CCCCCCCCC/C=C\CCCCCCCC)COC(=O)CCCCCCCCCCCCCCCCCCCCC. The maximum absolute atomic E-state index is 12.8. The molecule has 0 fully saturated rings. The molecule has 0 spiro atoms. The van der Waals surface area contributed by atoms with Gasteiger partial charge in [0.25, 0.3) is 0 Å². The van der Waals surface area contributed by atoms with Gasteiger partial charge in [-0.15, -0.1) is 0 Å².